The molecule has 0 saturated carbocycles. The lowest BCUT2D eigenvalue weighted by atomic mass is 9.97. The van der Waals surface area contributed by atoms with Crippen molar-refractivity contribution in [1.29, 1.82) is 0 Å². The van der Waals surface area contributed by atoms with E-state index >= 15 is 0 Å². The topological polar surface area (TPSA) is 74.2 Å². The van der Waals surface area contributed by atoms with Crippen LogP contribution in [0.15, 0.2) is 4.99 Å². The Morgan fingerprint density at radius 1 is 1.25 bits per heavy atom. The van der Waals surface area contributed by atoms with Gasteiger partial charge < -0.3 is 19.9 Å². The van der Waals surface area contributed by atoms with Crippen LogP contribution in [0.3, 0.4) is 0 Å². The van der Waals surface area contributed by atoms with Crippen LogP contribution in [0, 0.1) is 5.92 Å². The number of piperidine rings is 1. The van der Waals surface area contributed by atoms with Gasteiger partial charge in [0.2, 0.25) is 5.91 Å². The smallest absolute Gasteiger partial charge is 0.309 e. The normalized spacial score (nSPS) is 16.0. The van der Waals surface area contributed by atoms with Gasteiger partial charge in [0.05, 0.1) is 12.5 Å². The molecule has 0 aliphatic carbocycles. The summed E-state index contributed by atoms with van der Waals surface area (Å²) in [5, 5.41) is 3.34. The molecule has 1 saturated heterocycles. The molecule has 138 valence electrons. The van der Waals surface area contributed by atoms with Crippen LogP contribution in [-0.2, 0) is 14.3 Å². The first kappa shape index (κ1) is 20.3. The quantitative estimate of drug-likeness (QED) is 0.325. The first-order valence-corrected chi connectivity index (χ1v) is 8.89. The third kappa shape index (κ3) is 6.76. The second kappa shape index (κ2) is 10.9. The van der Waals surface area contributed by atoms with Crippen LogP contribution in [0.4, 0.5) is 0 Å². The van der Waals surface area contributed by atoms with Crippen molar-refractivity contribution in [2.75, 3.05) is 46.9 Å². The molecule has 1 aliphatic rings. The van der Waals surface area contributed by atoms with Gasteiger partial charge in [0, 0.05) is 33.7 Å². The molecule has 1 aliphatic heterocycles. The number of aliphatic imine (C=N–C) groups is 1. The van der Waals surface area contributed by atoms with Gasteiger partial charge in [-0.1, -0.05) is 13.3 Å². The molecule has 0 atom stereocenters. The largest absolute Gasteiger partial charge is 0.466 e. The minimum absolute atomic E-state index is 0.0220. The fraction of sp³-hybridized carbons (Fsp3) is 0.824. The number of rotatable bonds is 7. The van der Waals surface area contributed by atoms with Gasteiger partial charge in [-0.05, 0) is 26.2 Å². The van der Waals surface area contributed by atoms with Gasteiger partial charge in [0.15, 0.2) is 5.96 Å². The molecule has 7 nitrogen and oxygen atoms in total. The minimum atomic E-state index is -0.0997. The van der Waals surface area contributed by atoms with E-state index in [2.05, 4.69) is 22.1 Å². The predicted octanol–water partition coefficient (Wildman–Crippen LogP) is 1.10. The fourth-order valence-corrected chi connectivity index (χ4v) is 2.52. The molecular formula is C17H32N4O3. The van der Waals surface area contributed by atoms with Gasteiger partial charge in [-0.15, -0.1) is 0 Å². The van der Waals surface area contributed by atoms with Crippen molar-refractivity contribution in [2.45, 2.75) is 39.5 Å². The number of carbonyl (C=O) groups is 2. The van der Waals surface area contributed by atoms with Crippen molar-refractivity contribution in [2.24, 2.45) is 10.9 Å². The summed E-state index contributed by atoms with van der Waals surface area (Å²) in [4.78, 5) is 31.8. The molecule has 0 unspecified atom stereocenters. The molecule has 0 spiro atoms. The zero-order valence-electron chi connectivity index (χ0n) is 15.5. The van der Waals surface area contributed by atoms with Crippen LogP contribution >= 0.6 is 0 Å². The average molecular weight is 340 g/mol. The molecule has 1 amide bonds. The number of nitrogens with zero attached hydrogens (tertiary/aromatic N) is 3. The number of carbonyl (C=O) groups excluding carboxylic acids is 2. The van der Waals surface area contributed by atoms with Gasteiger partial charge in [0.1, 0.15) is 6.54 Å². The highest BCUT2D eigenvalue weighted by Crippen LogP contribution is 2.18. The number of unbranched alkanes of at least 4 members (excludes halogenated alkanes) is 1. The molecular weight excluding hydrogens is 308 g/mol. The minimum Gasteiger partial charge on any atom is -0.466 e. The molecule has 24 heavy (non-hydrogen) atoms. The number of guanidine groups is 1. The lowest BCUT2D eigenvalue weighted by molar-refractivity contribution is -0.149. The lowest BCUT2D eigenvalue weighted by Gasteiger charge is -2.33. The highest BCUT2D eigenvalue weighted by Gasteiger charge is 2.27. The maximum atomic E-state index is 11.8. The van der Waals surface area contributed by atoms with Crippen molar-refractivity contribution in [3.8, 4) is 0 Å². The van der Waals surface area contributed by atoms with Crippen molar-refractivity contribution in [3.63, 3.8) is 0 Å². The summed E-state index contributed by atoms with van der Waals surface area (Å²) in [6.45, 7) is 6.87. The molecule has 0 bridgehead atoms. The predicted molar refractivity (Wildman–Crippen MR) is 94.8 cm³/mol. The van der Waals surface area contributed by atoms with Gasteiger partial charge in [-0.25, -0.2) is 4.99 Å². The van der Waals surface area contributed by atoms with E-state index in [0.29, 0.717) is 6.61 Å². The molecule has 1 N–H and O–H groups in total. The molecule has 7 heteroatoms. The van der Waals surface area contributed by atoms with Gasteiger partial charge in [0.25, 0.3) is 0 Å². The Balaban J connectivity index is 2.62. The lowest BCUT2D eigenvalue weighted by Crippen LogP contribution is -2.47. The summed E-state index contributed by atoms with van der Waals surface area (Å²) in [5.74, 6) is 0.617. The molecule has 0 radical (unpaired) electrons. The van der Waals surface area contributed by atoms with Crippen LogP contribution in [0.25, 0.3) is 0 Å². The first-order valence-electron chi connectivity index (χ1n) is 8.89. The van der Waals surface area contributed by atoms with E-state index in [9.17, 15) is 9.59 Å². The third-order valence-electron chi connectivity index (χ3n) is 4.09. The van der Waals surface area contributed by atoms with E-state index in [1.165, 1.54) is 0 Å². The number of ether oxygens (including phenoxy) is 1. The number of esters is 1. The Morgan fingerprint density at radius 2 is 1.92 bits per heavy atom. The van der Waals surface area contributed by atoms with Crippen molar-refractivity contribution >= 4 is 17.8 Å². The van der Waals surface area contributed by atoms with E-state index in [1.807, 2.05) is 6.92 Å². The second-order valence-electron chi connectivity index (χ2n) is 6.22. The molecule has 1 heterocycles. The molecule has 0 aromatic rings. The van der Waals surface area contributed by atoms with E-state index in [4.69, 9.17) is 4.74 Å². The Morgan fingerprint density at radius 3 is 2.46 bits per heavy atom. The summed E-state index contributed by atoms with van der Waals surface area (Å²) in [6, 6.07) is 0. The number of hydrogen-bond donors (Lipinski definition) is 1. The van der Waals surface area contributed by atoms with Crippen molar-refractivity contribution < 1.29 is 14.3 Å². The summed E-state index contributed by atoms with van der Waals surface area (Å²) < 4.78 is 5.11. The Bertz CT molecular complexity index is 430. The van der Waals surface area contributed by atoms with Gasteiger partial charge in [-0.2, -0.15) is 0 Å². The van der Waals surface area contributed by atoms with Crippen LogP contribution in [0.1, 0.15) is 39.5 Å². The Labute approximate surface area is 145 Å². The monoisotopic (exact) mass is 340 g/mol. The molecule has 1 rings (SSSR count). The number of hydrogen-bond acceptors (Lipinski definition) is 4. The maximum absolute atomic E-state index is 11.8. The SMILES string of the molecule is CCCCNC(=NCC(=O)N(C)C)N1CCC(C(=O)OCC)CC1. The zero-order valence-corrected chi connectivity index (χ0v) is 15.5. The highest BCUT2D eigenvalue weighted by atomic mass is 16.5. The van der Waals surface area contributed by atoms with Crippen molar-refractivity contribution in [1.82, 2.24) is 15.1 Å². The number of nitrogens with one attached hydrogen (secondary N) is 1. The molecule has 1 fully saturated rings. The maximum Gasteiger partial charge on any atom is 0.309 e. The first-order chi connectivity index (χ1) is 11.5. The number of likely N-dealkylation sites (N-methyl/N-ethyl adjacent to an activating group) is 1. The fourth-order valence-electron chi connectivity index (χ4n) is 2.52. The molecule has 0 aromatic heterocycles. The summed E-state index contributed by atoms with van der Waals surface area (Å²) in [6.07, 6.45) is 3.67. The van der Waals surface area contributed by atoms with Crippen LogP contribution in [-0.4, -0.2) is 74.5 Å². The highest BCUT2D eigenvalue weighted by molar-refractivity contribution is 5.85. The van der Waals surface area contributed by atoms with E-state index in [0.717, 1.165) is 51.3 Å². The van der Waals surface area contributed by atoms with Crippen molar-refractivity contribution in [3.05, 3.63) is 0 Å². The van der Waals surface area contributed by atoms with E-state index in [-0.39, 0.29) is 24.3 Å². The van der Waals surface area contributed by atoms with Gasteiger partial charge >= 0.3 is 5.97 Å². The van der Waals surface area contributed by atoms with Crippen LogP contribution in [0.2, 0.25) is 0 Å². The van der Waals surface area contributed by atoms with E-state index < -0.39 is 0 Å². The second-order valence-corrected chi connectivity index (χ2v) is 6.22. The zero-order chi connectivity index (χ0) is 17.9. The summed E-state index contributed by atoms with van der Waals surface area (Å²) in [7, 11) is 3.46. The van der Waals surface area contributed by atoms with Crippen LogP contribution < -0.4 is 5.32 Å². The number of likely N-dealkylation sites (tertiary alicyclic amines) is 1. The standard InChI is InChI=1S/C17H32N4O3/c1-5-7-10-18-17(19-13-15(22)20(3)4)21-11-8-14(9-12-21)16(23)24-6-2/h14H,5-13H2,1-4H3,(H,18,19). The average Bonchev–Trinajstić information content (AvgIpc) is 2.58. The van der Waals surface area contributed by atoms with Gasteiger partial charge in [-0.3, -0.25) is 9.59 Å². The summed E-state index contributed by atoms with van der Waals surface area (Å²) in [5.41, 5.74) is 0. The van der Waals surface area contributed by atoms with Crippen LogP contribution in [0.5, 0.6) is 0 Å². The third-order valence-corrected chi connectivity index (χ3v) is 4.09. The Kier molecular flexibility index (Phi) is 9.19. The number of amides is 1. The Hall–Kier alpha value is -1.79. The van der Waals surface area contributed by atoms with E-state index in [1.54, 1.807) is 19.0 Å². The molecule has 0 aromatic carbocycles. The summed E-state index contributed by atoms with van der Waals surface area (Å²) >= 11 is 0.